The average molecular weight is 390 g/mol. The van der Waals surface area contributed by atoms with E-state index in [0.29, 0.717) is 24.3 Å². The second-order valence-electron chi connectivity index (χ2n) is 8.16. The standard InChI is InChI=1S/C22H35N3O3/c1-6-13-25(14-7-2)19(26)16-9-11-17(12-10-16)24-20(27)22(23)15-18(28-8-3)21(22,4)5/h9-12,18H,6-8,13-15,23H2,1-5H3,(H,24,27). The van der Waals surface area contributed by atoms with Gasteiger partial charge in [0.05, 0.1) is 6.10 Å². The van der Waals surface area contributed by atoms with E-state index >= 15 is 0 Å². The van der Waals surface area contributed by atoms with Crippen LogP contribution in [0.25, 0.3) is 0 Å². The Kier molecular flexibility index (Phi) is 7.23. The van der Waals surface area contributed by atoms with Gasteiger partial charge in [-0.25, -0.2) is 0 Å². The van der Waals surface area contributed by atoms with E-state index in [1.54, 1.807) is 24.3 Å². The summed E-state index contributed by atoms with van der Waals surface area (Å²) < 4.78 is 5.69. The molecule has 1 saturated carbocycles. The number of nitrogens with zero attached hydrogens (tertiary/aromatic N) is 1. The highest BCUT2D eigenvalue weighted by atomic mass is 16.5. The highest BCUT2D eigenvalue weighted by Gasteiger charge is 2.62. The number of amides is 2. The summed E-state index contributed by atoms with van der Waals surface area (Å²) >= 11 is 0. The number of carbonyl (C=O) groups excluding carboxylic acids is 2. The van der Waals surface area contributed by atoms with Gasteiger partial charge in [-0.05, 0) is 44.0 Å². The van der Waals surface area contributed by atoms with Gasteiger partial charge in [0.25, 0.3) is 5.91 Å². The molecule has 1 aliphatic rings. The van der Waals surface area contributed by atoms with E-state index < -0.39 is 11.0 Å². The lowest BCUT2D eigenvalue weighted by Crippen LogP contribution is -2.74. The fourth-order valence-electron chi connectivity index (χ4n) is 3.80. The molecule has 28 heavy (non-hydrogen) atoms. The fraction of sp³-hybridized carbons (Fsp3) is 0.636. The number of hydrogen-bond acceptors (Lipinski definition) is 4. The molecular formula is C22H35N3O3. The van der Waals surface area contributed by atoms with Gasteiger partial charge in [0.2, 0.25) is 5.91 Å². The summed E-state index contributed by atoms with van der Waals surface area (Å²) in [4.78, 5) is 27.3. The molecule has 1 fully saturated rings. The van der Waals surface area contributed by atoms with Crippen molar-refractivity contribution >= 4 is 17.5 Å². The minimum atomic E-state index is -0.972. The Hall–Kier alpha value is -1.92. The van der Waals surface area contributed by atoms with Gasteiger partial charge >= 0.3 is 0 Å². The van der Waals surface area contributed by atoms with Crippen LogP contribution in [0.2, 0.25) is 0 Å². The summed E-state index contributed by atoms with van der Waals surface area (Å²) in [5.74, 6) is -0.192. The maximum absolute atomic E-state index is 12.8. The number of nitrogens with two attached hydrogens (primary N) is 1. The first kappa shape index (κ1) is 22.4. The molecule has 0 saturated heterocycles. The number of benzene rings is 1. The van der Waals surface area contributed by atoms with Gasteiger partial charge in [0.15, 0.2) is 0 Å². The summed E-state index contributed by atoms with van der Waals surface area (Å²) in [7, 11) is 0. The Labute approximate surface area is 168 Å². The van der Waals surface area contributed by atoms with Crippen LogP contribution in [0, 0.1) is 5.41 Å². The van der Waals surface area contributed by atoms with E-state index in [1.165, 1.54) is 0 Å². The van der Waals surface area contributed by atoms with Crippen molar-refractivity contribution in [1.82, 2.24) is 4.90 Å². The van der Waals surface area contributed by atoms with Gasteiger partial charge in [0, 0.05) is 42.8 Å². The first-order chi connectivity index (χ1) is 13.2. The predicted molar refractivity (Wildman–Crippen MR) is 112 cm³/mol. The molecule has 1 aliphatic carbocycles. The molecule has 3 N–H and O–H groups in total. The molecule has 2 amide bonds. The van der Waals surface area contributed by atoms with Gasteiger partial charge in [-0.2, -0.15) is 0 Å². The van der Waals surface area contributed by atoms with Crippen molar-refractivity contribution < 1.29 is 14.3 Å². The number of nitrogens with one attached hydrogen (secondary N) is 1. The smallest absolute Gasteiger partial charge is 0.253 e. The lowest BCUT2D eigenvalue weighted by atomic mass is 9.54. The molecule has 2 rings (SSSR count). The molecule has 156 valence electrons. The zero-order valence-corrected chi connectivity index (χ0v) is 17.9. The Bertz CT molecular complexity index is 681. The Morgan fingerprint density at radius 3 is 2.18 bits per heavy atom. The second-order valence-corrected chi connectivity index (χ2v) is 8.16. The molecule has 0 spiro atoms. The Morgan fingerprint density at radius 1 is 1.14 bits per heavy atom. The maximum Gasteiger partial charge on any atom is 0.253 e. The van der Waals surface area contributed by atoms with Gasteiger partial charge in [-0.1, -0.05) is 27.7 Å². The van der Waals surface area contributed by atoms with Crippen molar-refractivity contribution in [3.8, 4) is 0 Å². The van der Waals surface area contributed by atoms with Gasteiger partial charge in [-0.15, -0.1) is 0 Å². The first-order valence-electron chi connectivity index (χ1n) is 10.3. The third kappa shape index (κ3) is 4.23. The summed E-state index contributed by atoms with van der Waals surface area (Å²) in [6.07, 6.45) is 2.34. The van der Waals surface area contributed by atoms with Crippen LogP contribution in [0.4, 0.5) is 5.69 Å². The molecule has 1 aromatic carbocycles. The van der Waals surface area contributed by atoms with E-state index in [-0.39, 0.29) is 17.9 Å². The van der Waals surface area contributed by atoms with Crippen LogP contribution in [0.1, 0.15) is 64.2 Å². The van der Waals surface area contributed by atoms with Crippen molar-refractivity contribution in [2.45, 2.75) is 65.5 Å². The maximum atomic E-state index is 12.8. The molecule has 6 heteroatoms. The monoisotopic (exact) mass is 389 g/mol. The minimum Gasteiger partial charge on any atom is -0.378 e. The van der Waals surface area contributed by atoms with Crippen molar-refractivity contribution in [2.75, 3.05) is 25.0 Å². The van der Waals surface area contributed by atoms with Gasteiger partial charge in [0.1, 0.15) is 5.54 Å². The Balaban J connectivity index is 2.04. The van der Waals surface area contributed by atoms with E-state index in [9.17, 15) is 9.59 Å². The Morgan fingerprint density at radius 2 is 1.71 bits per heavy atom. The highest BCUT2D eigenvalue weighted by Crippen LogP contribution is 2.50. The molecule has 2 unspecified atom stereocenters. The predicted octanol–water partition coefficient (Wildman–Crippen LogP) is 3.42. The average Bonchev–Trinajstić information content (AvgIpc) is 2.67. The molecule has 1 aromatic rings. The van der Waals surface area contributed by atoms with Crippen molar-refractivity contribution in [3.63, 3.8) is 0 Å². The summed E-state index contributed by atoms with van der Waals surface area (Å²) in [5, 5.41) is 2.90. The molecule has 0 aromatic heterocycles. The lowest BCUT2D eigenvalue weighted by Gasteiger charge is -2.57. The van der Waals surface area contributed by atoms with Crippen molar-refractivity contribution in [3.05, 3.63) is 29.8 Å². The summed E-state index contributed by atoms with van der Waals surface area (Å²) in [5.41, 5.74) is 6.28. The number of anilines is 1. The van der Waals surface area contributed by atoms with E-state index in [4.69, 9.17) is 10.5 Å². The number of rotatable bonds is 9. The van der Waals surface area contributed by atoms with Crippen LogP contribution >= 0.6 is 0 Å². The van der Waals surface area contributed by atoms with Crippen LogP contribution in [0.3, 0.4) is 0 Å². The zero-order valence-electron chi connectivity index (χ0n) is 17.9. The van der Waals surface area contributed by atoms with Crippen LogP contribution in [0.5, 0.6) is 0 Å². The number of hydrogen-bond donors (Lipinski definition) is 2. The molecule has 0 heterocycles. The van der Waals surface area contributed by atoms with Crippen LogP contribution in [-0.4, -0.2) is 48.1 Å². The third-order valence-corrected chi connectivity index (χ3v) is 5.90. The highest BCUT2D eigenvalue weighted by molar-refractivity contribution is 6.00. The summed E-state index contributed by atoms with van der Waals surface area (Å²) in [6.45, 7) is 12.1. The van der Waals surface area contributed by atoms with Crippen LogP contribution < -0.4 is 11.1 Å². The van der Waals surface area contributed by atoms with Crippen molar-refractivity contribution in [2.24, 2.45) is 11.1 Å². The first-order valence-corrected chi connectivity index (χ1v) is 10.3. The van der Waals surface area contributed by atoms with Crippen LogP contribution in [0.15, 0.2) is 24.3 Å². The summed E-state index contributed by atoms with van der Waals surface area (Å²) in [6, 6.07) is 7.04. The normalized spacial score (nSPS) is 23.0. The number of ether oxygens (including phenoxy) is 1. The second kappa shape index (κ2) is 9.05. The third-order valence-electron chi connectivity index (χ3n) is 5.90. The molecule has 0 bridgehead atoms. The SMILES string of the molecule is CCCN(CCC)C(=O)c1ccc(NC(=O)C2(N)CC(OCC)C2(C)C)cc1. The van der Waals surface area contributed by atoms with Gasteiger partial charge < -0.3 is 20.7 Å². The lowest BCUT2D eigenvalue weighted by molar-refractivity contribution is -0.166. The molecule has 6 nitrogen and oxygen atoms in total. The van der Waals surface area contributed by atoms with Crippen LogP contribution in [-0.2, 0) is 9.53 Å². The quantitative estimate of drug-likeness (QED) is 0.678. The minimum absolute atomic E-state index is 0.0173. The van der Waals surface area contributed by atoms with Gasteiger partial charge in [-0.3, -0.25) is 9.59 Å². The van der Waals surface area contributed by atoms with E-state index in [2.05, 4.69) is 19.2 Å². The topological polar surface area (TPSA) is 84.7 Å². The molecule has 2 atom stereocenters. The van der Waals surface area contributed by atoms with E-state index in [0.717, 1.165) is 25.9 Å². The zero-order chi connectivity index (χ0) is 20.9. The van der Waals surface area contributed by atoms with E-state index in [1.807, 2.05) is 25.7 Å². The number of carbonyl (C=O) groups is 2. The molecule has 0 radical (unpaired) electrons. The largest absolute Gasteiger partial charge is 0.378 e. The molecule has 0 aliphatic heterocycles. The fourth-order valence-corrected chi connectivity index (χ4v) is 3.80. The van der Waals surface area contributed by atoms with Crippen molar-refractivity contribution in [1.29, 1.82) is 0 Å². The molecular weight excluding hydrogens is 354 g/mol.